The molecule has 0 radical (unpaired) electrons. The van der Waals surface area contributed by atoms with Crippen molar-refractivity contribution in [2.45, 2.75) is 79.1 Å². The first-order chi connectivity index (χ1) is 20.2. The van der Waals surface area contributed by atoms with Gasteiger partial charge in [0.2, 0.25) is 11.4 Å². The molecule has 5 aromatic rings. The van der Waals surface area contributed by atoms with Crippen molar-refractivity contribution in [1.82, 2.24) is 14.1 Å². The summed E-state index contributed by atoms with van der Waals surface area (Å²) in [7, 11) is 0. The molecule has 0 fully saturated rings. The second-order valence-electron chi connectivity index (χ2n) is 12.5. The minimum absolute atomic E-state index is 0. The third-order valence-electron chi connectivity index (χ3n) is 8.10. The number of aromatic nitrogens is 1. The monoisotopic (exact) mass is 751 g/mol. The maximum Gasteiger partial charge on any atom is 1.00 e. The second kappa shape index (κ2) is 13.9. The number of benzene rings is 4. The van der Waals surface area contributed by atoms with Crippen LogP contribution in [0.5, 0.6) is 0 Å². The van der Waals surface area contributed by atoms with Crippen LogP contribution in [0.4, 0.5) is 22.7 Å². The van der Waals surface area contributed by atoms with E-state index in [4.69, 9.17) is 0 Å². The van der Waals surface area contributed by atoms with Crippen LogP contribution in [0.3, 0.4) is 0 Å². The standard InChI is InChI=1S/C31H38N2.C8H6N.Au/c1-20(2)24-13-11-14-25(21(3)4)30(24)32-19-33(29-18-10-9-17-28(29)32)31-26(22(5)6)15-12-16-27(31)23(7)8;1-2-4-8-7(3-1)5-6-9-8;/h9-18,20-23H,1-8H3;1-6H;/q+2;-1;+1. The molecule has 1 aromatic heterocycles. The van der Waals surface area contributed by atoms with Crippen molar-refractivity contribution in [2.75, 3.05) is 0 Å². The number of rotatable bonds is 6. The van der Waals surface area contributed by atoms with Crippen molar-refractivity contribution in [3.63, 3.8) is 0 Å². The first-order valence-electron chi connectivity index (χ1n) is 15.4. The van der Waals surface area contributed by atoms with Gasteiger partial charge in [-0.25, -0.2) is 0 Å². The summed E-state index contributed by atoms with van der Waals surface area (Å²) in [4.78, 5) is 4.12. The van der Waals surface area contributed by atoms with Crippen molar-refractivity contribution < 1.29 is 22.4 Å². The predicted molar refractivity (Wildman–Crippen MR) is 181 cm³/mol. The van der Waals surface area contributed by atoms with Gasteiger partial charge in [0.25, 0.3) is 11.4 Å². The van der Waals surface area contributed by atoms with Crippen LogP contribution in [-0.2, 0) is 22.4 Å². The average molecular weight is 752 g/mol. The molecule has 0 saturated carbocycles. The first-order valence-corrected chi connectivity index (χ1v) is 15.4. The van der Waals surface area contributed by atoms with Gasteiger partial charge >= 0.3 is 28.4 Å². The Morgan fingerprint density at radius 2 is 0.884 bits per heavy atom. The van der Waals surface area contributed by atoms with Gasteiger partial charge in [0, 0.05) is 34.4 Å². The summed E-state index contributed by atoms with van der Waals surface area (Å²) < 4.78 is 4.64. The molecule has 2 heterocycles. The molecule has 6 rings (SSSR count). The summed E-state index contributed by atoms with van der Waals surface area (Å²) in [5.41, 5.74) is 11.5. The number of para-hydroxylation sites is 5. The molecular formula is C39H44AuN3+2. The molecule has 4 aromatic carbocycles. The van der Waals surface area contributed by atoms with Crippen LogP contribution >= 0.6 is 0 Å². The molecule has 43 heavy (non-hydrogen) atoms. The molecule has 0 saturated heterocycles. The Kier molecular flexibility index (Phi) is 10.5. The molecule has 0 spiro atoms. The van der Waals surface area contributed by atoms with E-state index in [1.807, 2.05) is 30.5 Å². The van der Waals surface area contributed by atoms with Crippen LogP contribution in [0, 0.1) is 0 Å². The second-order valence-corrected chi connectivity index (χ2v) is 12.5. The van der Waals surface area contributed by atoms with Gasteiger partial charge in [-0.2, -0.15) is 6.20 Å². The molecule has 4 heteroatoms. The van der Waals surface area contributed by atoms with Crippen molar-refractivity contribution in [3.05, 3.63) is 119 Å². The molecule has 224 valence electrons. The SMILES string of the molecule is CC(C)c1cccc(C(C)C)c1[N+]1=C=[N+](c2c(C(C)C)cccc2C(C)C)c2ccccc21.[Au+].c1ccc2[n-]ccc2c1. The topological polar surface area (TPSA) is 20.1 Å². The van der Waals surface area contributed by atoms with Gasteiger partial charge in [-0.15, -0.1) is 5.52 Å². The quantitative estimate of drug-likeness (QED) is 0.123. The van der Waals surface area contributed by atoms with E-state index in [0.717, 1.165) is 5.52 Å². The molecule has 0 N–H and O–H groups in total. The zero-order chi connectivity index (χ0) is 30.0. The van der Waals surface area contributed by atoms with Gasteiger partial charge < -0.3 is 4.98 Å². The van der Waals surface area contributed by atoms with E-state index < -0.39 is 0 Å². The minimum atomic E-state index is 0. The normalized spacial score (nSPS) is 12.3. The summed E-state index contributed by atoms with van der Waals surface area (Å²) in [6.07, 6.45) is 1.82. The van der Waals surface area contributed by atoms with E-state index in [-0.39, 0.29) is 22.4 Å². The van der Waals surface area contributed by atoms with Crippen LogP contribution in [-0.4, -0.2) is 6.01 Å². The molecule has 0 atom stereocenters. The fourth-order valence-corrected chi connectivity index (χ4v) is 5.87. The molecule has 3 nitrogen and oxygen atoms in total. The zero-order valence-electron chi connectivity index (χ0n) is 26.7. The number of fused-ring (bicyclic) bond motifs is 2. The van der Waals surface area contributed by atoms with Crippen LogP contribution in [0.1, 0.15) is 101 Å². The molecule has 0 aliphatic carbocycles. The van der Waals surface area contributed by atoms with Crippen LogP contribution in [0.2, 0.25) is 0 Å². The minimum Gasteiger partial charge on any atom is -0.664 e. The smallest absolute Gasteiger partial charge is 0.664 e. The van der Waals surface area contributed by atoms with E-state index in [1.165, 1.54) is 50.4 Å². The van der Waals surface area contributed by atoms with Gasteiger partial charge in [0.15, 0.2) is 0 Å². The average Bonchev–Trinajstić information content (AvgIpc) is 3.61. The summed E-state index contributed by atoms with van der Waals surface area (Å²) in [5.74, 6) is 1.71. The molecule has 0 unspecified atom stereocenters. The number of hydrogen-bond donors (Lipinski definition) is 0. The van der Waals surface area contributed by atoms with E-state index in [2.05, 4.69) is 142 Å². The van der Waals surface area contributed by atoms with Crippen LogP contribution in [0.25, 0.3) is 10.9 Å². The maximum atomic E-state index is 4.12. The largest absolute Gasteiger partial charge is 1.00 e. The number of hydrogen-bond acceptors (Lipinski definition) is 0. The molecule has 1 aliphatic rings. The molecule has 0 amide bonds. The van der Waals surface area contributed by atoms with Gasteiger partial charge in [0.05, 0.1) is 0 Å². The van der Waals surface area contributed by atoms with Crippen LogP contribution in [0.15, 0.2) is 97.2 Å². The Labute approximate surface area is 273 Å². The summed E-state index contributed by atoms with van der Waals surface area (Å²) in [6, 6.07) is 36.2. The first kappa shape index (κ1) is 32.5. The van der Waals surface area contributed by atoms with E-state index in [0.29, 0.717) is 23.7 Å². The van der Waals surface area contributed by atoms with E-state index >= 15 is 0 Å². The van der Waals surface area contributed by atoms with E-state index in [1.54, 1.807) is 0 Å². The van der Waals surface area contributed by atoms with Crippen LogP contribution < -0.4 is 14.1 Å². The Balaban J connectivity index is 0.000000358. The van der Waals surface area contributed by atoms with Crippen molar-refractivity contribution in [3.8, 4) is 0 Å². The molecular weight excluding hydrogens is 707 g/mol. The predicted octanol–water partition coefficient (Wildman–Crippen LogP) is 10.8. The van der Waals surface area contributed by atoms with E-state index in [9.17, 15) is 0 Å². The summed E-state index contributed by atoms with van der Waals surface area (Å²) >= 11 is 0. The fraction of sp³-hybridized carbons (Fsp3) is 0.308. The van der Waals surface area contributed by atoms with Crippen molar-refractivity contribution in [2.24, 2.45) is 0 Å². The Morgan fingerprint density at radius 1 is 0.488 bits per heavy atom. The van der Waals surface area contributed by atoms with Gasteiger partial charge in [-0.1, -0.05) is 134 Å². The van der Waals surface area contributed by atoms with Gasteiger partial charge in [-0.3, -0.25) is 0 Å². The summed E-state index contributed by atoms with van der Waals surface area (Å²) in [6.45, 7) is 18.3. The Bertz CT molecular complexity index is 1600. The Morgan fingerprint density at radius 3 is 1.28 bits per heavy atom. The van der Waals surface area contributed by atoms with Gasteiger partial charge in [-0.05, 0) is 38.2 Å². The van der Waals surface area contributed by atoms with Gasteiger partial charge in [0.1, 0.15) is 0 Å². The summed E-state index contributed by atoms with van der Waals surface area (Å²) in [5, 5.41) is 1.22. The Hall–Kier alpha value is -3.46. The molecule has 0 bridgehead atoms. The maximum absolute atomic E-state index is 4.12. The number of nitrogens with zero attached hydrogens (tertiary/aromatic N) is 3. The van der Waals surface area contributed by atoms with Crippen molar-refractivity contribution in [1.29, 1.82) is 0 Å². The third-order valence-corrected chi connectivity index (χ3v) is 8.10. The third kappa shape index (κ3) is 6.56. The zero-order valence-corrected chi connectivity index (χ0v) is 28.9. The fourth-order valence-electron chi connectivity index (χ4n) is 5.87. The van der Waals surface area contributed by atoms with Crippen molar-refractivity contribution >= 4 is 39.7 Å². The molecule has 1 aliphatic heterocycles.